The van der Waals surface area contributed by atoms with Crippen molar-refractivity contribution in [3.63, 3.8) is 0 Å². The Morgan fingerprint density at radius 2 is 1.73 bits per heavy atom. The van der Waals surface area contributed by atoms with E-state index < -0.39 is 0 Å². The van der Waals surface area contributed by atoms with Gasteiger partial charge in [0.2, 0.25) is 0 Å². The molecule has 0 aromatic heterocycles. The molecule has 1 N–H and O–H groups in total. The number of carbonyl (C=O) groups excluding carboxylic acids is 2. The molecule has 130 valence electrons. The van der Waals surface area contributed by atoms with Gasteiger partial charge in [0.15, 0.2) is 0 Å². The van der Waals surface area contributed by atoms with Crippen molar-refractivity contribution in [3.05, 3.63) is 68.5 Å². The van der Waals surface area contributed by atoms with Crippen LogP contribution in [0.4, 0.5) is 5.69 Å². The Bertz CT molecular complexity index is 1000. The lowest BCUT2D eigenvalue weighted by Gasteiger charge is -2.19. The molecule has 2 aromatic carbocycles. The van der Waals surface area contributed by atoms with Gasteiger partial charge in [0, 0.05) is 21.2 Å². The summed E-state index contributed by atoms with van der Waals surface area (Å²) in [6.07, 6.45) is 0. The van der Waals surface area contributed by atoms with Crippen molar-refractivity contribution in [1.29, 1.82) is 0 Å². The Hall–Kier alpha value is -1.86. The van der Waals surface area contributed by atoms with E-state index in [9.17, 15) is 9.59 Å². The normalized spacial score (nSPS) is 19.2. The lowest BCUT2D eigenvalue weighted by atomic mass is 10.1. The largest absolute Gasteiger partial charge is 0.307 e. The van der Waals surface area contributed by atoms with E-state index in [0.29, 0.717) is 41.7 Å². The number of anilines is 1. The van der Waals surface area contributed by atoms with Crippen molar-refractivity contribution in [2.45, 2.75) is 6.54 Å². The monoisotopic (exact) mass is 420 g/mol. The fourth-order valence-corrected chi connectivity index (χ4v) is 4.61. The number of thioether (sulfide) groups is 1. The molecule has 0 atom stereocenters. The summed E-state index contributed by atoms with van der Waals surface area (Å²) in [4.78, 5) is 27.3. The second-order valence-corrected chi connectivity index (χ2v) is 8.16. The van der Waals surface area contributed by atoms with Crippen molar-refractivity contribution in [2.75, 3.05) is 4.90 Å². The molecule has 2 aromatic rings. The molecule has 8 heteroatoms. The minimum absolute atomic E-state index is 0.210. The number of benzene rings is 2. The van der Waals surface area contributed by atoms with Crippen molar-refractivity contribution in [3.8, 4) is 0 Å². The van der Waals surface area contributed by atoms with E-state index in [1.165, 1.54) is 0 Å². The average Bonchev–Trinajstić information content (AvgIpc) is 3.07. The predicted molar refractivity (Wildman–Crippen MR) is 109 cm³/mol. The molecule has 0 saturated carbocycles. The topological polar surface area (TPSA) is 49.4 Å². The van der Waals surface area contributed by atoms with Gasteiger partial charge < -0.3 is 10.2 Å². The summed E-state index contributed by atoms with van der Waals surface area (Å²) in [5.74, 6) is -0.625. The standard InChI is InChI=1S/C18H10Cl2N2O2S2/c19-11-5-3-6-12(20)10(11)8-22-13-7-2-1-4-9(13)14(17(22)24)15-16(23)21-18(25)26-15/h1-7H,8H2,(H,21,23,25)/b15-14+. The van der Waals surface area contributed by atoms with Gasteiger partial charge in [-0.15, -0.1) is 0 Å². The lowest BCUT2D eigenvalue weighted by Crippen LogP contribution is -2.27. The van der Waals surface area contributed by atoms with Crippen LogP contribution in [0.2, 0.25) is 10.0 Å². The van der Waals surface area contributed by atoms with Gasteiger partial charge in [-0.1, -0.05) is 71.4 Å². The lowest BCUT2D eigenvalue weighted by molar-refractivity contribution is -0.116. The first-order chi connectivity index (χ1) is 12.5. The molecular formula is C18H10Cl2N2O2S2. The van der Waals surface area contributed by atoms with Crippen LogP contribution >= 0.6 is 47.2 Å². The highest BCUT2D eigenvalue weighted by atomic mass is 35.5. The Morgan fingerprint density at radius 3 is 2.38 bits per heavy atom. The maximum absolute atomic E-state index is 13.2. The number of carbonyl (C=O) groups is 2. The molecule has 0 spiro atoms. The first-order valence-electron chi connectivity index (χ1n) is 7.59. The molecule has 1 fully saturated rings. The number of hydrogen-bond donors (Lipinski definition) is 1. The fraction of sp³-hybridized carbons (Fsp3) is 0.0556. The van der Waals surface area contributed by atoms with Crippen LogP contribution in [0.5, 0.6) is 0 Å². The van der Waals surface area contributed by atoms with Gasteiger partial charge in [-0.25, -0.2) is 0 Å². The Balaban J connectivity index is 1.84. The van der Waals surface area contributed by atoms with Crippen molar-refractivity contribution >= 4 is 74.6 Å². The van der Waals surface area contributed by atoms with E-state index in [1.807, 2.05) is 24.3 Å². The van der Waals surface area contributed by atoms with Crippen LogP contribution in [-0.2, 0) is 16.1 Å². The van der Waals surface area contributed by atoms with E-state index >= 15 is 0 Å². The molecule has 2 aliphatic heterocycles. The first kappa shape index (κ1) is 17.5. The third-order valence-corrected chi connectivity index (χ3v) is 6.09. The average molecular weight is 421 g/mol. The van der Waals surface area contributed by atoms with Gasteiger partial charge in [-0.2, -0.15) is 0 Å². The zero-order chi connectivity index (χ0) is 18.4. The van der Waals surface area contributed by atoms with E-state index in [-0.39, 0.29) is 18.4 Å². The molecule has 0 bridgehead atoms. The quantitative estimate of drug-likeness (QED) is 0.577. The van der Waals surface area contributed by atoms with Gasteiger partial charge in [0.1, 0.15) is 4.32 Å². The minimum Gasteiger partial charge on any atom is -0.307 e. The van der Waals surface area contributed by atoms with Gasteiger partial charge in [0.25, 0.3) is 11.8 Å². The van der Waals surface area contributed by atoms with Gasteiger partial charge in [-0.3, -0.25) is 9.59 Å². The fourth-order valence-electron chi connectivity index (χ4n) is 2.98. The van der Waals surface area contributed by atoms with Crippen molar-refractivity contribution in [1.82, 2.24) is 5.32 Å². The number of amides is 2. The Kier molecular flexibility index (Phi) is 4.52. The summed E-state index contributed by atoms with van der Waals surface area (Å²) in [5.41, 5.74) is 2.42. The van der Waals surface area contributed by atoms with Crippen molar-refractivity contribution < 1.29 is 9.59 Å². The first-order valence-corrected chi connectivity index (χ1v) is 9.57. The molecule has 0 unspecified atom stereocenters. The summed E-state index contributed by atoms with van der Waals surface area (Å²) in [6, 6.07) is 12.5. The zero-order valence-electron chi connectivity index (χ0n) is 13.1. The number of nitrogens with one attached hydrogen (secondary N) is 1. The summed E-state index contributed by atoms with van der Waals surface area (Å²) in [7, 11) is 0. The molecule has 4 rings (SSSR count). The van der Waals surface area contributed by atoms with Crippen LogP contribution in [0.15, 0.2) is 47.4 Å². The summed E-state index contributed by atoms with van der Waals surface area (Å²) in [5, 5.41) is 3.53. The summed E-state index contributed by atoms with van der Waals surface area (Å²) >= 11 is 18.7. The molecular weight excluding hydrogens is 411 g/mol. The van der Waals surface area contributed by atoms with Gasteiger partial charge in [-0.05, 0) is 18.2 Å². The van der Waals surface area contributed by atoms with E-state index in [0.717, 1.165) is 11.8 Å². The third kappa shape index (κ3) is 2.83. The van der Waals surface area contributed by atoms with Crippen LogP contribution in [0.3, 0.4) is 0 Å². The number of nitrogens with zero attached hydrogens (tertiary/aromatic N) is 1. The van der Waals surface area contributed by atoms with E-state index in [1.54, 1.807) is 23.1 Å². The third-order valence-electron chi connectivity index (χ3n) is 4.14. The highest BCUT2D eigenvalue weighted by Gasteiger charge is 2.39. The molecule has 0 radical (unpaired) electrons. The molecule has 1 saturated heterocycles. The number of rotatable bonds is 2. The Labute approximate surface area is 169 Å². The molecule has 2 heterocycles. The summed E-state index contributed by atoms with van der Waals surface area (Å²) < 4.78 is 0.343. The van der Waals surface area contributed by atoms with Gasteiger partial charge >= 0.3 is 0 Å². The van der Waals surface area contributed by atoms with Crippen LogP contribution in [0, 0.1) is 0 Å². The second kappa shape index (κ2) is 6.70. The highest BCUT2D eigenvalue weighted by molar-refractivity contribution is 8.27. The van der Waals surface area contributed by atoms with Crippen molar-refractivity contribution in [2.24, 2.45) is 0 Å². The van der Waals surface area contributed by atoms with Crippen LogP contribution in [0.1, 0.15) is 11.1 Å². The molecule has 2 aliphatic rings. The molecule has 0 aliphatic carbocycles. The SMILES string of the molecule is O=C1NC(=S)S/C1=C1/C(=O)N(Cc2c(Cl)cccc2Cl)c2ccccc21. The van der Waals surface area contributed by atoms with Crippen LogP contribution in [0.25, 0.3) is 5.57 Å². The highest BCUT2D eigenvalue weighted by Crippen LogP contribution is 2.43. The van der Waals surface area contributed by atoms with Gasteiger partial charge in [0.05, 0.1) is 22.7 Å². The number of fused-ring (bicyclic) bond motifs is 1. The predicted octanol–water partition coefficient (Wildman–Crippen LogP) is 4.40. The number of thiocarbonyl (C=S) groups is 1. The molecule has 26 heavy (non-hydrogen) atoms. The van der Waals surface area contributed by atoms with E-state index in [4.69, 9.17) is 35.4 Å². The van der Waals surface area contributed by atoms with Crippen LogP contribution in [-0.4, -0.2) is 16.1 Å². The minimum atomic E-state index is -0.351. The molecule has 4 nitrogen and oxygen atoms in total. The number of hydrogen-bond acceptors (Lipinski definition) is 4. The zero-order valence-corrected chi connectivity index (χ0v) is 16.2. The number of para-hydroxylation sites is 1. The summed E-state index contributed by atoms with van der Waals surface area (Å²) in [6.45, 7) is 0.210. The van der Waals surface area contributed by atoms with E-state index in [2.05, 4.69) is 5.32 Å². The smallest absolute Gasteiger partial charge is 0.264 e. The maximum Gasteiger partial charge on any atom is 0.264 e. The van der Waals surface area contributed by atoms with Crippen LogP contribution < -0.4 is 10.2 Å². The number of halogens is 2. The molecule has 2 amide bonds. The Morgan fingerprint density at radius 1 is 1.04 bits per heavy atom. The maximum atomic E-state index is 13.2. The second-order valence-electron chi connectivity index (χ2n) is 5.66.